The summed E-state index contributed by atoms with van der Waals surface area (Å²) in [5, 5.41) is 14.4. The summed E-state index contributed by atoms with van der Waals surface area (Å²) in [5.74, 6) is -2.10. The Labute approximate surface area is 136 Å². The molecule has 23 heavy (non-hydrogen) atoms. The molecule has 126 valence electrons. The summed E-state index contributed by atoms with van der Waals surface area (Å²) < 4.78 is 0. The highest BCUT2D eigenvalue weighted by Crippen LogP contribution is 2.09. The Hall–Kier alpha value is -2.37. The highest BCUT2D eigenvalue weighted by molar-refractivity contribution is 5.90. The summed E-state index contributed by atoms with van der Waals surface area (Å²) in [6.45, 7) is 4.96. The summed E-state index contributed by atoms with van der Waals surface area (Å²) >= 11 is 0. The van der Waals surface area contributed by atoms with Crippen LogP contribution >= 0.6 is 0 Å². The van der Waals surface area contributed by atoms with Crippen LogP contribution < -0.4 is 10.6 Å². The molecular formula is C17H24N2O4. The van der Waals surface area contributed by atoms with Crippen molar-refractivity contribution in [1.29, 1.82) is 0 Å². The van der Waals surface area contributed by atoms with Crippen LogP contribution in [0.25, 0.3) is 0 Å². The average Bonchev–Trinajstić information content (AvgIpc) is 2.51. The van der Waals surface area contributed by atoms with Crippen molar-refractivity contribution >= 4 is 17.8 Å². The molecule has 0 aliphatic rings. The molecule has 0 radical (unpaired) electrons. The number of benzene rings is 1. The summed E-state index contributed by atoms with van der Waals surface area (Å²) in [5.41, 5.74) is 0.886. The Kier molecular flexibility index (Phi) is 7.25. The summed E-state index contributed by atoms with van der Waals surface area (Å²) in [6.07, 6.45) is 0.930. The van der Waals surface area contributed by atoms with Crippen LogP contribution in [0.2, 0.25) is 0 Å². The van der Waals surface area contributed by atoms with Gasteiger partial charge in [0.05, 0.1) is 0 Å². The molecule has 0 saturated carbocycles. The van der Waals surface area contributed by atoms with Crippen molar-refractivity contribution in [1.82, 2.24) is 10.6 Å². The van der Waals surface area contributed by atoms with E-state index in [0.717, 1.165) is 5.56 Å². The fourth-order valence-corrected chi connectivity index (χ4v) is 2.24. The molecule has 0 spiro atoms. The molecule has 3 N–H and O–H groups in total. The molecule has 0 saturated heterocycles. The average molecular weight is 320 g/mol. The molecule has 1 aromatic carbocycles. The highest BCUT2D eigenvalue weighted by Gasteiger charge is 2.29. The fourth-order valence-electron chi connectivity index (χ4n) is 2.24. The summed E-state index contributed by atoms with van der Waals surface area (Å²) in [6, 6.07) is 7.48. The highest BCUT2D eigenvalue weighted by atomic mass is 16.4. The first kappa shape index (κ1) is 18.7. The lowest BCUT2D eigenvalue weighted by atomic mass is 9.98. The minimum absolute atomic E-state index is 0.203. The van der Waals surface area contributed by atoms with E-state index in [9.17, 15) is 19.5 Å². The van der Waals surface area contributed by atoms with E-state index >= 15 is 0 Å². The first-order valence-corrected chi connectivity index (χ1v) is 7.69. The number of carbonyl (C=O) groups excluding carboxylic acids is 2. The van der Waals surface area contributed by atoms with Gasteiger partial charge in [0, 0.05) is 13.3 Å². The molecule has 1 rings (SSSR count). The molecule has 3 atom stereocenters. The normalized spacial score (nSPS) is 14.4. The van der Waals surface area contributed by atoms with Crippen molar-refractivity contribution in [2.24, 2.45) is 5.92 Å². The van der Waals surface area contributed by atoms with Gasteiger partial charge in [0.15, 0.2) is 0 Å². The Morgan fingerprint density at radius 2 is 1.74 bits per heavy atom. The first-order chi connectivity index (χ1) is 10.8. The molecule has 0 aromatic heterocycles. The van der Waals surface area contributed by atoms with Gasteiger partial charge in [-0.1, -0.05) is 50.6 Å². The molecule has 0 aliphatic heterocycles. The number of hydrogen-bond acceptors (Lipinski definition) is 3. The minimum Gasteiger partial charge on any atom is -0.480 e. The van der Waals surface area contributed by atoms with Crippen LogP contribution in [0.1, 0.15) is 32.8 Å². The third-order valence-corrected chi connectivity index (χ3v) is 3.75. The molecule has 0 bridgehead atoms. The van der Waals surface area contributed by atoms with Gasteiger partial charge in [0.1, 0.15) is 12.1 Å². The van der Waals surface area contributed by atoms with Gasteiger partial charge >= 0.3 is 5.97 Å². The lowest BCUT2D eigenvalue weighted by Gasteiger charge is -2.24. The maximum Gasteiger partial charge on any atom is 0.326 e. The molecule has 6 nitrogen and oxygen atoms in total. The van der Waals surface area contributed by atoms with Crippen LogP contribution in [0.15, 0.2) is 30.3 Å². The van der Waals surface area contributed by atoms with E-state index < -0.39 is 24.0 Å². The van der Waals surface area contributed by atoms with Gasteiger partial charge in [-0.05, 0) is 11.5 Å². The van der Waals surface area contributed by atoms with E-state index in [-0.39, 0.29) is 11.8 Å². The standard InChI is InChI=1S/C17H24N2O4/c1-4-11(2)15(17(22)23)19-16(21)14(18-12(3)20)10-13-8-6-5-7-9-13/h5-9,11,14-15H,4,10H2,1-3H3,(H,18,20)(H,19,21)(H,22,23)/t11-,14-,15-/m1/s1. The van der Waals surface area contributed by atoms with Crippen molar-refractivity contribution < 1.29 is 19.5 Å². The van der Waals surface area contributed by atoms with E-state index in [1.165, 1.54) is 6.92 Å². The number of carboxylic acids is 1. The van der Waals surface area contributed by atoms with Crippen molar-refractivity contribution in [2.75, 3.05) is 0 Å². The molecule has 0 heterocycles. The second kappa shape index (κ2) is 8.92. The van der Waals surface area contributed by atoms with E-state index in [1.807, 2.05) is 37.3 Å². The van der Waals surface area contributed by atoms with E-state index in [4.69, 9.17) is 0 Å². The smallest absolute Gasteiger partial charge is 0.326 e. The second-order valence-electron chi connectivity index (χ2n) is 5.65. The zero-order chi connectivity index (χ0) is 17.4. The Balaban J connectivity index is 2.86. The number of carbonyl (C=O) groups is 3. The maximum absolute atomic E-state index is 12.4. The second-order valence-corrected chi connectivity index (χ2v) is 5.65. The number of nitrogens with one attached hydrogen (secondary N) is 2. The molecule has 0 aliphatic carbocycles. The Morgan fingerprint density at radius 1 is 1.13 bits per heavy atom. The molecule has 1 aromatic rings. The van der Waals surface area contributed by atoms with Gasteiger partial charge in [-0.3, -0.25) is 9.59 Å². The molecule has 0 unspecified atom stereocenters. The number of carboxylic acid groups (broad SMARTS) is 1. The molecular weight excluding hydrogens is 296 g/mol. The zero-order valence-electron chi connectivity index (χ0n) is 13.7. The van der Waals surface area contributed by atoms with E-state index in [0.29, 0.717) is 12.8 Å². The van der Waals surface area contributed by atoms with Crippen LogP contribution in [0, 0.1) is 5.92 Å². The van der Waals surface area contributed by atoms with Gasteiger partial charge in [0.2, 0.25) is 11.8 Å². The Bertz CT molecular complexity index is 545. The minimum atomic E-state index is -1.08. The molecule has 2 amide bonds. The van der Waals surface area contributed by atoms with Gasteiger partial charge in [-0.2, -0.15) is 0 Å². The van der Waals surface area contributed by atoms with E-state index in [1.54, 1.807) is 6.92 Å². The third-order valence-electron chi connectivity index (χ3n) is 3.75. The predicted octanol–water partition coefficient (Wildman–Crippen LogP) is 1.35. The van der Waals surface area contributed by atoms with Crippen molar-refractivity contribution in [3.05, 3.63) is 35.9 Å². The first-order valence-electron chi connectivity index (χ1n) is 7.69. The van der Waals surface area contributed by atoms with Crippen LogP contribution in [0.3, 0.4) is 0 Å². The number of rotatable bonds is 8. The van der Waals surface area contributed by atoms with Gasteiger partial charge in [-0.25, -0.2) is 4.79 Å². The maximum atomic E-state index is 12.4. The number of aliphatic carboxylic acids is 1. The largest absolute Gasteiger partial charge is 0.480 e. The zero-order valence-corrected chi connectivity index (χ0v) is 13.7. The lowest BCUT2D eigenvalue weighted by molar-refractivity contribution is -0.143. The quantitative estimate of drug-likeness (QED) is 0.674. The molecule has 6 heteroatoms. The molecule has 0 fully saturated rings. The van der Waals surface area contributed by atoms with Crippen LogP contribution in [0.4, 0.5) is 0 Å². The van der Waals surface area contributed by atoms with Crippen molar-refractivity contribution in [3.63, 3.8) is 0 Å². The fraction of sp³-hybridized carbons (Fsp3) is 0.471. The predicted molar refractivity (Wildman–Crippen MR) is 86.8 cm³/mol. The SMILES string of the molecule is CC[C@@H](C)[C@@H](NC(=O)[C@@H](Cc1ccccc1)NC(C)=O)C(=O)O. The van der Waals surface area contributed by atoms with Gasteiger partial charge < -0.3 is 15.7 Å². The topological polar surface area (TPSA) is 95.5 Å². The van der Waals surface area contributed by atoms with Crippen LogP contribution in [0.5, 0.6) is 0 Å². The number of amides is 2. The van der Waals surface area contributed by atoms with E-state index in [2.05, 4.69) is 10.6 Å². The van der Waals surface area contributed by atoms with Crippen molar-refractivity contribution in [2.45, 2.75) is 45.7 Å². The van der Waals surface area contributed by atoms with Crippen molar-refractivity contribution in [3.8, 4) is 0 Å². The monoisotopic (exact) mass is 320 g/mol. The third kappa shape index (κ3) is 6.10. The lowest BCUT2D eigenvalue weighted by Crippen LogP contribution is -2.53. The summed E-state index contributed by atoms with van der Waals surface area (Å²) in [4.78, 5) is 35.1. The number of hydrogen-bond donors (Lipinski definition) is 3. The van der Waals surface area contributed by atoms with Crippen LogP contribution in [-0.2, 0) is 20.8 Å². The van der Waals surface area contributed by atoms with Gasteiger partial charge in [0.25, 0.3) is 0 Å². The van der Waals surface area contributed by atoms with Gasteiger partial charge in [-0.15, -0.1) is 0 Å². The van der Waals surface area contributed by atoms with Crippen LogP contribution in [-0.4, -0.2) is 35.0 Å². The Morgan fingerprint density at radius 3 is 2.22 bits per heavy atom. The summed E-state index contributed by atoms with van der Waals surface area (Å²) in [7, 11) is 0.